The molecule has 1 heterocycles. The van der Waals surface area contributed by atoms with E-state index in [0.717, 1.165) is 4.31 Å². The molecule has 0 spiro atoms. The van der Waals surface area contributed by atoms with Crippen molar-refractivity contribution in [1.82, 2.24) is 9.62 Å². The van der Waals surface area contributed by atoms with Crippen molar-refractivity contribution >= 4 is 55.0 Å². The van der Waals surface area contributed by atoms with Crippen LogP contribution < -0.4 is 15.4 Å². The number of nitrogens with zero attached hydrogens (tertiary/aromatic N) is 2. The Morgan fingerprint density at radius 1 is 1.18 bits per heavy atom. The molecule has 1 aliphatic rings. The number of hydrogen-bond acceptors (Lipinski definition) is 7. The summed E-state index contributed by atoms with van der Waals surface area (Å²) in [6.45, 7) is 0.414. The van der Waals surface area contributed by atoms with Gasteiger partial charge in [-0.25, -0.2) is 13.4 Å². The molecular weight excluding hydrogens is 528 g/mol. The van der Waals surface area contributed by atoms with Crippen LogP contribution in [-0.4, -0.2) is 69.6 Å². The highest BCUT2D eigenvalue weighted by molar-refractivity contribution is 9.10. The van der Waals surface area contributed by atoms with Crippen LogP contribution in [0.4, 0.5) is 11.4 Å². The lowest BCUT2D eigenvalue weighted by Gasteiger charge is -2.31. The van der Waals surface area contributed by atoms with Gasteiger partial charge >= 0.3 is 0 Å². The van der Waals surface area contributed by atoms with Crippen molar-refractivity contribution in [3.63, 3.8) is 0 Å². The minimum atomic E-state index is -3.94. The third-order valence-corrected chi connectivity index (χ3v) is 7.71. The zero-order valence-corrected chi connectivity index (χ0v) is 21.3. The number of benzene rings is 2. The van der Waals surface area contributed by atoms with Crippen LogP contribution in [0.3, 0.4) is 0 Å². The quantitative estimate of drug-likeness (QED) is 0.363. The highest BCUT2D eigenvalue weighted by Gasteiger charge is 2.38. The molecule has 34 heavy (non-hydrogen) atoms. The minimum absolute atomic E-state index is 0.0220. The SMILES string of the molecule is CNC(=O)c1ccc(OC)c(NC(=O)C(Br)C2=Nc3ccccc3S(=O)(=O)N2CCCOC)c1. The number of methoxy groups -OCH3 is 2. The molecule has 0 fully saturated rings. The number of para-hydroxylation sites is 1. The summed E-state index contributed by atoms with van der Waals surface area (Å²) < 4.78 is 38.1. The molecule has 0 aliphatic carbocycles. The lowest BCUT2D eigenvalue weighted by Crippen LogP contribution is -2.47. The first-order valence-corrected chi connectivity index (χ1v) is 12.6. The highest BCUT2D eigenvalue weighted by Crippen LogP contribution is 2.34. The van der Waals surface area contributed by atoms with Crippen LogP contribution in [0, 0.1) is 0 Å². The summed E-state index contributed by atoms with van der Waals surface area (Å²) in [5.41, 5.74) is 0.818. The summed E-state index contributed by atoms with van der Waals surface area (Å²) in [6.07, 6.45) is 0.403. The van der Waals surface area contributed by atoms with E-state index in [1.807, 2.05) is 0 Å². The maximum atomic E-state index is 13.3. The number of aliphatic imine (C=N–C) groups is 1. The smallest absolute Gasteiger partial charge is 0.267 e. The predicted molar refractivity (Wildman–Crippen MR) is 132 cm³/mol. The molecule has 1 unspecified atom stereocenters. The van der Waals surface area contributed by atoms with Crippen molar-refractivity contribution in [2.45, 2.75) is 16.1 Å². The number of hydrogen-bond donors (Lipinski definition) is 2. The van der Waals surface area contributed by atoms with Gasteiger partial charge in [-0.3, -0.25) is 13.9 Å². The van der Waals surface area contributed by atoms with Gasteiger partial charge < -0.3 is 20.1 Å². The van der Waals surface area contributed by atoms with E-state index in [-0.39, 0.29) is 34.6 Å². The van der Waals surface area contributed by atoms with E-state index in [9.17, 15) is 18.0 Å². The molecule has 1 aliphatic heterocycles. The lowest BCUT2D eigenvalue weighted by molar-refractivity contribution is -0.114. The Morgan fingerprint density at radius 2 is 1.91 bits per heavy atom. The lowest BCUT2D eigenvalue weighted by atomic mass is 10.1. The molecule has 2 aromatic carbocycles. The molecule has 0 bridgehead atoms. The highest BCUT2D eigenvalue weighted by atomic mass is 79.9. The fourth-order valence-electron chi connectivity index (χ4n) is 3.36. The van der Waals surface area contributed by atoms with Gasteiger partial charge in [0, 0.05) is 32.9 Å². The van der Waals surface area contributed by atoms with Crippen molar-refractivity contribution in [1.29, 1.82) is 0 Å². The number of alkyl halides is 1. The number of carbonyl (C=O) groups excluding carboxylic acids is 2. The Bertz CT molecular complexity index is 1220. The largest absolute Gasteiger partial charge is 0.495 e. The molecule has 0 radical (unpaired) electrons. The van der Waals surface area contributed by atoms with E-state index in [1.54, 1.807) is 30.3 Å². The normalized spacial score (nSPS) is 15.1. The molecule has 0 saturated heterocycles. The van der Waals surface area contributed by atoms with Crippen molar-refractivity contribution in [3.05, 3.63) is 48.0 Å². The van der Waals surface area contributed by atoms with Crippen molar-refractivity contribution in [2.24, 2.45) is 4.99 Å². The van der Waals surface area contributed by atoms with Gasteiger partial charge in [0.15, 0.2) is 4.83 Å². The van der Waals surface area contributed by atoms with Crippen LogP contribution in [0.15, 0.2) is 52.4 Å². The maximum absolute atomic E-state index is 13.3. The number of rotatable bonds is 9. The van der Waals surface area contributed by atoms with Gasteiger partial charge in [-0.1, -0.05) is 28.1 Å². The number of nitrogens with one attached hydrogen (secondary N) is 2. The Kier molecular flexibility index (Phi) is 8.28. The van der Waals surface area contributed by atoms with Crippen molar-refractivity contribution < 1.29 is 27.5 Å². The molecule has 3 rings (SSSR count). The summed E-state index contributed by atoms with van der Waals surface area (Å²) in [7, 11) is 0.515. The van der Waals surface area contributed by atoms with Gasteiger partial charge in [0.2, 0.25) is 5.91 Å². The number of amidine groups is 1. The number of ether oxygens (including phenoxy) is 2. The molecule has 12 heteroatoms. The molecule has 2 N–H and O–H groups in total. The van der Waals surface area contributed by atoms with Crippen LogP contribution in [-0.2, 0) is 19.6 Å². The van der Waals surface area contributed by atoms with Crippen molar-refractivity contribution in [2.75, 3.05) is 39.7 Å². The first-order valence-electron chi connectivity index (χ1n) is 10.3. The molecule has 1 atom stereocenters. The molecule has 10 nitrogen and oxygen atoms in total. The molecular formula is C22H25BrN4O6S. The second-order valence-electron chi connectivity index (χ2n) is 7.21. The van der Waals surface area contributed by atoms with Gasteiger partial charge in [0.1, 0.15) is 16.5 Å². The second kappa shape index (κ2) is 11.0. The molecule has 182 valence electrons. The number of carbonyl (C=O) groups is 2. The molecule has 0 saturated carbocycles. The third kappa shape index (κ3) is 5.24. The molecule has 0 aromatic heterocycles. The van der Waals surface area contributed by atoms with Gasteiger partial charge in [-0.05, 0) is 36.8 Å². The van der Waals surface area contributed by atoms with Crippen LogP contribution in [0.1, 0.15) is 16.8 Å². The average Bonchev–Trinajstić information content (AvgIpc) is 2.84. The first kappa shape index (κ1) is 25.7. The van der Waals surface area contributed by atoms with E-state index < -0.39 is 20.8 Å². The standard InChI is InChI=1S/C22H25BrN4O6S/c1-24-21(28)14-9-10-17(33-3)16(13-14)26-22(29)19(23)20-25-15-7-4-5-8-18(15)34(30,31)27(20)11-6-12-32-2/h4-5,7-10,13,19H,6,11-12H2,1-3H3,(H,24,28)(H,26,29). The zero-order valence-electron chi connectivity index (χ0n) is 18.9. The van der Waals surface area contributed by atoms with E-state index in [1.165, 1.54) is 33.4 Å². The summed E-state index contributed by atoms with van der Waals surface area (Å²) in [6, 6.07) is 10.9. The summed E-state index contributed by atoms with van der Waals surface area (Å²) in [5, 5.41) is 5.22. The van der Waals surface area contributed by atoms with Gasteiger partial charge in [0.05, 0.1) is 18.5 Å². The average molecular weight is 553 g/mol. The Balaban J connectivity index is 1.96. The Hall–Kier alpha value is -2.96. The summed E-state index contributed by atoms with van der Waals surface area (Å²) in [4.78, 5) is 28.6. The number of anilines is 1. The van der Waals surface area contributed by atoms with E-state index in [2.05, 4.69) is 31.6 Å². The first-order chi connectivity index (χ1) is 16.2. The molecule has 2 amide bonds. The number of fused-ring (bicyclic) bond motifs is 1. The number of sulfonamides is 1. The van der Waals surface area contributed by atoms with Crippen LogP contribution in [0.2, 0.25) is 0 Å². The topological polar surface area (TPSA) is 126 Å². The Morgan fingerprint density at radius 3 is 2.59 bits per heavy atom. The van der Waals surface area contributed by atoms with Crippen LogP contribution in [0.5, 0.6) is 5.75 Å². The van der Waals surface area contributed by atoms with E-state index in [0.29, 0.717) is 24.3 Å². The van der Waals surface area contributed by atoms with E-state index >= 15 is 0 Å². The minimum Gasteiger partial charge on any atom is -0.495 e. The van der Waals surface area contributed by atoms with Crippen LogP contribution in [0.25, 0.3) is 0 Å². The fourth-order valence-corrected chi connectivity index (χ4v) is 5.59. The third-order valence-electron chi connectivity index (χ3n) is 5.04. The van der Waals surface area contributed by atoms with Crippen LogP contribution >= 0.6 is 15.9 Å². The van der Waals surface area contributed by atoms with Crippen molar-refractivity contribution in [3.8, 4) is 5.75 Å². The summed E-state index contributed by atoms with van der Waals surface area (Å²) in [5.74, 6) is -0.565. The second-order valence-corrected chi connectivity index (χ2v) is 9.95. The van der Waals surface area contributed by atoms with E-state index in [4.69, 9.17) is 9.47 Å². The number of halogens is 1. The fraction of sp³-hybridized carbons (Fsp3) is 0.318. The number of amides is 2. The van der Waals surface area contributed by atoms with Gasteiger partial charge in [0.25, 0.3) is 15.9 Å². The molecule has 2 aromatic rings. The zero-order chi connectivity index (χ0) is 24.9. The van der Waals surface area contributed by atoms with Gasteiger partial charge in [-0.15, -0.1) is 0 Å². The predicted octanol–water partition coefficient (Wildman–Crippen LogP) is 2.53. The Labute approximate surface area is 206 Å². The van der Waals surface area contributed by atoms with Gasteiger partial charge in [-0.2, -0.15) is 0 Å². The summed E-state index contributed by atoms with van der Waals surface area (Å²) >= 11 is 3.32. The monoisotopic (exact) mass is 552 g/mol. The maximum Gasteiger partial charge on any atom is 0.267 e.